The predicted molar refractivity (Wildman–Crippen MR) is 74.4 cm³/mol. The summed E-state index contributed by atoms with van der Waals surface area (Å²) in [4.78, 5) is 27.4. The highest BCUT2D eigenvalue weighted by Crippen LogP contribution is 2.21. The first-order valence-electron chi connectivity index (χ1n) is 6.03. The van der Waals surface area contributed by atoms with Crippen LogP contribution in [0.3, 0.4) is 0 Å². The summed E-state index contributed by atoms with van der Waals surface area (Å²) in [5, 5.41) is 2.58. The SMILES string of the molecule is CNC(=O)c1cccnc1-c1ccc(C(=O)OC)cc1. The molecule has 0 aliphatic carbocycles. The van der Waals surface area contributed by atoms with Crippen LogP contribution in [0, 0.1) is 0 Å². The molecule has 20 heavy (non-hydrogen) atoms. The smallest absolute Gasteiger partial charge is 0.337 e. The molecule has 0 bridgehead atoms. The number of amides is 1. The van der Waals surface area contributed by atoms with Gasteiger partial charge < -0.3 is 10.1 Å². The molecule has 1 amide bonds. The van der Waals surface area contributed by atoms with Crippen LogP contribution in [-0.2, 0) is 4.74 Å². The molecule has 102 valence electrons. The van der Waals surface area contributed by atoms with Gasteiger partial charge in [0.05, 0.1) is 23.9 Å². The van der Waals surface area contributed by atoms with Gasteiger partial charge in [0, 0.05) is 18.8 Å². The van der Waals surface area contributed by atoms with Gasteiger partial charge >= 0.3 is 5.97 Å². The fourth-order valence-corrected chi connectivity index (χ4v) is 1.84. The Bertz CT molecular complexity index is 636. The topological polar surface area (TPSA) is 68.3 Å². The standard InChI is InChI=1S/C15H14N2O3/c1-16-14(18)12-4-3-9-17-13(12)10-5-7-11(8-6-10)15(19)20-2/h3-9H,1-2H3,(H,16,18). The molecule has 5 heteroatoms. The van der Waals surface area contributed by atoms with Gasteiger partial charge in [-0.1, -0.05) is 12.1 Å². The van der Waals surface area contributed by atoms with Gasteiger partial charge in [0.15, 0.2) is 0 Å². The van der Waals surface area contributed by atoms with Crippen LogP contribution in [0.15, 0.2) is 42.6 Å². The lowest BCUT2D eigenvalue weighted by Crippen LogP contribution is -2.19. The fraction of sp³-hybridized carbons (Fsp3) is 0.133. The third-order valence-electron chi connectivity index (χ3n) is 2.86. The maximum atomic E-state index is 11.8. The first kappa shape index (κ1) is 13.7. The Balaban J connectivity index is 2.42. The molecule has 0 spiro atoms. The number of benzene rings is 1. The molecule has 0 radical (unpaired) electrons. The van der Waals surface area contributed by atoms with Crippen molar-refractivity contribution >= 4 is 11.9 Å². The number of ether oxygens (including phenoxy) is 1. The van der Waals surface area contributed by atoms with Crippen molar-refractivity contribution in [3.63, 3.8) is 0 Å². The van der Waals surface area contributed by atoms with Crippen LogP contribution in [0.4, 0.5) is 0 Å². The van der Waals surface area contributed by atoms with E-state index in [1.54, 1.807) is 49.6 Å². The zero-order valence-electron chi connectivity index (χ0n) is 11.2. The van der Waals surface area contributed by atoms with Crippen molar-refractivity contribution < 1.29 is 14.3 Å². The lowest BCUT2D eigenvalue weighted by Gasteiger charge is -2.07. The summed E-state index contributed by atoms with van der Waals surface area (Å²) in [7, 11) is 2.90. The van der Waals surface area contributed by atoms with E-state index in [1.165, 1.54) is 7.11 Å². The minimum Gasteiger partial charge on any atom is -0.465 e. The van der Waals surface area contributed by atoms with Gasteiger partial charge in [-0.3, -0.25) is 9.78 Å². The highest BCUT2D eigenvalue weighted by Gasteiger charge is 2.13. The Kier molecular flexibility index (Phi) is 4.10. The average molecular weight is 270 g/mol. The third-order valence-corrected chi connectivity index (χ3v) is 2.86. The molecule has 2 aromatic rings. The van der Waals surface area contributed by atoms with Crippen LogP contribution < -0.4 is 5.32 Å². The Morgan fingerprint density at radius 2 is 1.85 bits per heavy atom. The Hall–Kier alpha value is -2.69. The van der Waals surface area contributed by atoms with Crippen molar-refractivity contribution in [3.8, 4) is 11.3 Å². The molecule has 0 atom stereocenters. The number of esters is 1. The van der Waals surface area contributed by atoms with Crippen molar-refractivity contribution in [2.75, 3.05) is 14.2 Å². The molecule has 0 fully saturated rings. The molecule has 1 N–H and O–H groups in total. The van der Waals surface area contributed by atoms with Crippen LogP contribution >= 0.6 is 0 Å². The monoisotopic (exact) mass is 270 g/mol. The van der Waals surface area contributed by atoms with E-state index in [-0.39, 0.29) is 5.91 Å². The molecule has 0 saturated heterocycles. The molecule has 1 aromatic carbocycles. The minimum absolute atomic E-state index is 0.204. The molecule has 0 aliphatic heterocycles. The first-order valence-corrected chi connectivity index (χ1v) is 6.03. The summed E-state index contributed by atoms with van der Waals surface area (Å²) in [6, 6.07) is 10.2. The number of carbonyl (C=O) groups is 2. The van der Waals surface area contributed by atoms with Gasteiger partial charge in [-0.05, 0) is 24.3 Å². The summed E-state index contributed by atoms with van der Waals surface area (Å²) in [5.74, 6) is -0.603. The van der Waals surface area contributed by atoms with E-state index in [2.05, 4.69) is 15.0 Å². The molecule has 0 unspecified atom stereocenters. The lowest BCUT2D eigenvalue weighted by molar-refractivity contribution is 0.0600. The molecule has 0 saturated carbocycles. The number of hydrogen-bond acceptors (Lipinski definition) is 4. The van der Waals surface area contributed by atoms with Crippen LogP contribution in [0.25, 0.3) is 11.3 Å². The highest BCUT2D eigenvalue weighted by molar-refractivity contribution is 6.00. The number of rotatable bonds is 3. The number of nitrogens with zero attached hydrogens (tertiary/aromatic N) is 1. The molecular weight excluding hydrogens is 256 g/mol. The van der Waals surface area contributed by atoms with Crippen molar-refractivity contribution in [3.05, 3.63) is 53.7 Å². The second-order valence-electron chi connectivity index (χ2n) is 4.05. The number of hydrogen-bond donors (Lipinski definition) is 1. The van der Waals surface area contributed by atoms with E-state index in [1.807, 2.05) is 0 Å². The van der Waals surface area contributed by atoms with E-state index in [0.717, 1.165) is 5.56 Å². The Labute approximate surface area is 116 Å². The first-order chi connectivity index (χ1) is 9.67. The summed E-state index contributed by atoms with van der Waals surface area (Å²) in [5.41, 5.74) is 2.27. The van der Waals surface area contributed by atoms with Gasteiger partial charge in [0.2, 0.25) is 0 Å². The fourth-order valence-electron chi connectivity index (χ4n) is 1.84. The van der Waals surface area contributed by atoms with Crippen LogP contribution in [0.2, 0.25) is 0 Å². The van der Waals surface area contributed by atoms with E-state index < -0.39 is 5.97 Å². The zero-order chi connectivity index (χ0) is 14.5. The average Bonchev–Trinajstić information content (AvgIpc) is 2.53. The normalized spacial score (nSPS) is 9.90. The highest BCUT2D eigenvalue weighted by atomic mass is 16.5. The predicted octanol–water partition coefficient (Wildman–Crippen LogP) is 1.89. The zero-order valence-corrected chi connectivity index (χ0v) is 11.2. The third kappa shape index (κ3) is 2.66. The van der Waals surface area contributed by atoms with E-state index in [0.29, 0.717) is 16.8 Å². The lowest BCUT2D eigenvalue weighted by atomic mass is 10.0. The van der Waals surface area contributed by atoms with Gasteiger partial charge in [0.25, 0.3) is 5.91 Å². The maximum absolute atomic E-state index is 11.8. The number of methoxy groups -OCH3 is 1. The van der Waals surface area contributed by atoms with Gasteiger partial charge in [-0.2, -0.15) is 0 Å². The van der Waals surface area contributed by atoms with Gasteiger partial charge in [-0.25, -0.2) is 4.79 Å². The van der Waals surface area contributed by atoms with Crippen LogP contribution in [-0.4, -0.2) is 31.0 Å². The Morgan fingerprint density at radius 3 is 2.45 bits per heavy atom. The van der Waals surface area contributed by atoms with E-state index >= 15 is 0 Å². The Morgan fingerprint density at radius 1 is 1.15 bits per heavy atom. The van der Waals surface area contributed by atoms with Crippen molar-refractivity contribution in [1.82, 2.24) is 10.3 Å². The molecule has 2 rings (SSSR count). The second-order valence-corrected chi connectivity index (χ2v) is 4.05. The summed E-state index contributed by atoms with van der Waals surface area (Å²) in [6.07, 6.45) is 1.62. The van der Waals surface area contributed by atoms with Crippen molar-refractivity contribution in [1.29, 1.82) is 0 Å². The second kappa shape index (κ2) is 5.97. The molecule has 1 heterocycles. The van der Waals surface area contributed by atoms with Crippen LogP contribution in [0.1, 0.15) is 20.7 Å². The van der Waals surface area contributed by atoms with Gasteiger partial charge in [-0.15, -0.1) is 0 Å². The minimum atomic E-state index is -0.399. The number of pyridine rings is 1. The number of nitrogens with one attached hydrogen (secondary N) is 1. The number of aromatic nitrogens is 1. The number of carbonyl (C=O) groups excluding carboxylic acids is 2. The van der Waals surface area contributed by atoms with E-state index in [4.69, 9.17) is 0 Å². The quantitative estimate of drug-likeness (QED) is 0.865. The molecular formula is C15H14N2O3. The van der Waals surface area contributed by atoms with Crippen molar-refractivity contribution in [2.45, 2.75) is 0 Å². The summed E-state index contributed by atoms with van der Waals surface area (Å²) >= 11 is 0. The largest absolute Gasteiger partial charge is 0.465 e. The van der Waals surface area contributed by atoms with Gasteiger partial charge in [0.1, 0.15) is 0 Å². The summed E-state index contributed by atoms with van der Waals surface area (Å²) < 4.78 is 4.64. The maximum Gasteiger partial charge on any atom is 0.337 e. The van der Waals surface area contributed by atoms with Crippen molar-refractivity contribution in [2.24, 2.45) is 0 Å². The van der Waals surface area contributed by atoms with Crippen LogP contribution in [0.5, 0.6) is 0 Å². The molecule has 0 aliphatic rings. The van der Waals surface area contributed by atoms with E-state index in [9.17, 15) is 9.59 Å². The molecule has 5 nitrogen and oxygen atoms in total. The summed E-state index contributed by atoms with van der Waals surface area (Å²) in [6.45, 7) is 0. The molecule has 1 aromatic heterocycles.